The number of rotatable bonds is 1. The molecule has 1 aromatic carbocycles. The molecule has 14 heavy (non-hydrogen) atoms. The summed E-state index contributed by atoms with van der Waals surface area (Å²) < 4.78 is 13.9. The van der Waals surface area contributed by atoms with Gasteiger partial charge in [-0.2, -0.15) is 0 Å². The topological polar surface area (TPSA) is 46.2 Å². The van der Waals surface area contributed by atoms with Gasteiger partial charge < -0.3 is 10.8 Å². The highest BCUT2D eigenvalue weighted by atomic mass is 79.9. The first-order chi connectivity index (χ1) is 6.46. The number of hydrogen-bond acceptors (Lipinski definition) is 2. The van der Waals surface area contributed by atoms with Crippen LogP contribution in [0.3, 0.4) is 0 Å². The van der Waals surface area contributed by atoms with E-state index in [0.29, 0.717) is 10.0 Å². The zero-order chi connectivity index (χ0) is 10.5. The Balaban J connectivity index is 2.68. The van der Waals surface area contributed by atoms with Gasteiger partial charge in [-0.05, 0) is 31.4 Å². The van der Waals surface area contributed by atoms with Crippen LogP contribution in [0.5, 0.6) is 5.75 Å². The Kier molecular flexibility index (Phi) is 2.08. The van der Waals surface area contributed by atoms with Crippen molar-refractivity contribution in [3.8, 4) is 5.75 Å². The highest BCUT2D eigenvalue weighted by molar-refractivity contribution is 9.10. The molecule has 1 saturated carbocycles. The zero-order valence-corrected chi connectivity index (χ0v) is 9.36. The van der Waals surface area contributed by atoms with E-state index in [9.17, 15) is 9.50 Å². The minimum atomic E-state index is -0.616. The lowest BCUT2D eigenvalue weighted by Gasteiger charge is -2.16. The molecule has 1 aromatic rings. The Bertz CT molecular complexity index is 375. The molecule has 4 heteroatoms. The first-order valence-electron chi connectivity index (χ1n) is 4.42. The first-order valence-corrected chi connectivity index (χ1v) is 5.22. The molecule has 0 spiro atoms. The maximum Gasteiger partial charge on any atom is 0.166 e. The monoisotopic (exact) mass is 259 g/mol. The van der Waals surface area contributed by atoms with E-state index < -0.39 is 11.4 Å². The maximum atomic E-state index is 13.2. The smallest absolute Gasteiger partial charge is 0.166 e. The molecular formula is C10H11BrFNO. The minimum Gasteiger partial charge on any atom is -0.505 e. The Labute approximate surface area is 90.1 Å². The molecule has 0 saturated heterocycles. The molecule has 0 aromatic heterocycles. The fourth-order valence-corrected chi connectivity index (χ4v) is 2.10. The second-order valence-corrected chi connectivity index (χ2v) is 4.70. The molecule has 0 atom stereocenters. The quantitative estimate of drug-likeness (QED) is 0.815. The average molecular weight is 260 g/mol. The Morgan fingerprint density at radius 3 is 2.64 bits per heavy atom. The van der Waals surface area contributed by atoms with Crippen LogP contribution in [0.2, 0.25) is 0 Å². The van der Waals surface area contributed by atoms with Crippen LogP contribution in [0.25, 0.3) is 0 Å². The molecule has 76 valence electrons. The minimum absolute atomic E-state index is 0.300. The van der Waals surface area contributed by atoms with Gasteiger partial charge in [0.15, 0.2) is 11.6 Å². The van der Waals surface area contributed by atoms with E-state index in [1.807, 2.05) is 6.92 Å². The molecule has 3 N–H and O–H groups in total. The molecule has 0 heterocycles. The van der Waals surface area contributed by atoms with Crippen LogP contribution in [0.15, 0.2) is 10.5 Å². The molecule has 1 aliphatic rings. The van der Waals surface area contributed by atoms with Gasteiger partial charge in [0.05, 0.1) is 0 Å². The summed E-state index contributed by atoms with van der Waals surface area (Å²) in [6.45, 7) is 1.82. The van der Waals surface area contributed by atoms with Gasteiger partial charge in [0.2, 0.25) is 0 Å². The van der Waals surface area contributed by atoms with Crippen molar-refractivity contribution in [1.82, 2.24) is 0 Å². The lowest BCUT2D eigenvalue weighted by Crippen LogP contribution is -2.20. The van der Waals surface area contributed by atoms with E-state index in [1.165, 1.54) is 6.07 Å². The normalized spacial score (nSPS) is 18.3. The fraction of sp³-hybridized carbons (Fsp3) is 0.400. The van der Waals surface area contributed by atoms with E-state index >= 15 is 0 Å². The third kappa shape index (κ3) is 1.33. The van der Waals surface area contributed by atoms with Gasteiger partial charge in [-0.25, -0.2) is 4.39 Å². The van der Waals surface area contributed by atoms with E-state index in [4.69, 9.17) is 5.73 Å². The predicted octanol–water partition coefficient (Wildman–Crippen LogP) is 2.55. The van der Waals surface area contributed by atoms with Crippen molar-refractivity contribution in [2.45, 2.75) is 25.3 Å². The van der Waals surface area contributed by atoms with Crippen LogP contribution in [0.4, 0.5) is 4.39 Å². The maximum absolute atomic E-state index is 13.2. The van der Waals surface area contributed by atoms with E-state index in [0.717, 1.165) is 18.4 Å². The average Bonchev–Trinajstić information content (AvgIpc) is 2.81. The Morgan fingerprint density at radius 2 is 2.14 bits per heavy atom. The highest BCUT2D eigenvalue weighted by Crippen LogP contribution is 2.49. The standard InChI is InChI=1S/C10H11BrFNO/c1-5-6(11)4-7(12)9(14)8(5)10(13)2-3-10/h4,14H,2-3,13H2,1H3. The van der Waals surface area contributed by atoms with Gasteiger partial charge >= 0.3 is 0 Å². The first kappa shape index (κ1) is 9.93. The van der Waals surface area contributed by atoms with Gasteiger partial charge in [0.25, 0.3) is 0 Å². The molecule has 1 fully saturated rings. The van der Waals surface area contributed by atoms with Crippen LogP contribution in [-0.2, 0) is 5.54 Å². The summed E-state index contributed by atoms with van der Waals surface area (Å²) in [6, 6.07) is 1.26. The molecule has 0 amide bonds. The summed E-state index contributed by atoms with van der Waals surface area (Å²) in [6.07, 6.45) is 1.61. The molecule has 0 unspecified atom stereocenters. The van der Waals surface area contributed by atoms with Crippen molar-refractivity contribution >= 4 is 15.9 Å². The predicted molar refractivity (Wildman–Crippen MR) is 55.6 cm³/mol. The molecular weight excluding hydrogens is 249 g/mol. The number of halogens is 2. The van der Waals surface area contributed by atoms with Crippen molar-refractivity contribution in [3.63, 3.8) is 0 Å². The summed E-state index contributed by atoms with van der Waals surface area (Å²) >= 11 is 3.24. The fourth-order valence-electron chi connectivity index (χ4n) is 1.70. The molecule has 0 bridgehead atoms. The number of nitrogens with two attached hydrogens (primary N) is 1. The SMILES string of the molecule is Cc1c(Br)cc(F)c(O)c1C1(N)CC1. The summed E-state index contributed by atoms with van der Waals surface area (Å²) in [7, 11) is 0. The Morgan fingerprint density at radius 1 is 1.57 bits per heavy atom. The van der Waals surface area contributed by atoms with E-state index in [2.05, 4.69) is 15.9 Å². The molecule has 1 aliphatic carbocycles. The summed E-state index contributed by atoms with van der Waals surface area (Å²) in [5.41, 5.74) is 6.81. The van der Waals surface area contributed by atoms with Gasteiger partial charge in [-0.1, -0.05) is 15.9 Å². The van der Waals surface area contributed by atoms with Crippen molar-refractivity contribution in [3.05, 3.63) is 27.5 Å². The number of phenolic OH excluding ortho intramolecular Hbond substituents is 1. The second-order valence-electron chi connectivity index (χ2n) is 3.84. The van der Waals surface area contributed by atoms with Gasteiger partial charge in [-0.15, -0.1) is 0 Å². The Hall–Kier alpha value is -0.610. The van der Waals surface area contributed by atoms with Crippen molar-refractivity contribution < 1.29 is 9.50 Å². The third-order valence-corrected chi connectivity index (χ3v) is 3.56. The zero-order valence-electron chi connectivity index (χ0n) is 7.77. The van der Waals surface area contributed by atoms with Crippen LogP contribution in [-0.4, -0.2) is 5.11 Å². The number of benzene rings is 1. The van der Waals surface area contributed by atoms with E-state index in [-0.39, 0.29) is 5.75 Å². The van der Waals surface area contributed by atoms with Crippen molar-refractivity contribution in [2.75, 3.05) is 0 Å². The van der Waals surface area contributed by atoms with Crippen molar-refractivity contribution in [1.29, 1.82) is 0 Å². The van der Waals surface area contributed by atoms with Crippen LogP contribution < -0.4 is 5.73 Å². The van der Waals surface area contributed by atoms with E-state index in [1.54, 1.807) is 0 Å². The third-order valence-electron chi connectivity index (χ3n) is 2.74. The van der Waals surface area contributed by atoms with Gasteiger partial charge in [-0.3, -0.25) is 0 Å². The number of phenols is 1. The van der Waals surface area contributed by atoms with Crippen LogP contribution in [0.1, 0.15) is 24.0 Å². The largest absolute Gasteiger partial charge is 0.505 e. The summed E-state index contributed by atoms with van der Waals surface area (Å²) in [5.74, 6) is -0.917. The van der Waals surface area contributed by atoms with Gasteiger partial charge in [0, 0.05) is 15.6 Å². The lowest BCUT2D eigenvalue weighted by atomic mass is 9.98. The van der Waals surface area contributed by atoms with Gasteiger partial charge in [0.1, 0.15) is 0 Å². The summed E-state index contributed by atoms with van der Waals surface area (Å²) in [4.78, 5) is 0. The highest BCUT2D eigenvalue weighted by Gasteiger charge is 2.44. The van der Waals surface area contributed by atoms with Crippen LogP contribution >= 0.6 is 15.9 Å². The number of hydrogen-bond donors (Lipinski definition) is 2. The molecule has 0 aliphatic heterocycles. The second kappa shape index (κ2) is 2.94. The lowest BCUT2D eigenvalue weighted by molar-refractivity contribution is 0.417. The van der Waals surface area contributed by atoms with Crippen LogP contribution in [0, 0.1) is 12.7 Å². The summed E-state index contributed by atoms with van der Waals surface area (Å²) in [5, 5.41) is 9.60. The molecule has 2 rings (SSSR count). The van der Waals surface area contributed by atoms with Crippen molar-refractivity contribution in [2.24, 2.45) is 5.73 Å². The number of aromatic hydroxyl groups is 1. The molecule has 2 nitrogen and oxygen atoms in total. The molecule has 0 radical (unpaired) electrons.